The number of nitro groups is 1. The number of carbonyl (C=O) groups excluding carboxylic acids is 1. The van der Waals surface area contributed by atoms with E-state index < -0.39 is 4.92 Å². The summed E-state index contributed by atoms with van der Waals surface area (Å²) >= 11 is 6.09. The van der Waals surface area contributed by atoms with Crippen molar-refractivity contribution in [2.45, 2.75) is 13.0 Å². The Hall–Kier alpha value is -2.44. The van der Waals surface area contributed by atoms with Crippen molar-refractivity contribution in [3.8, 4) is 0 Å². The lowest BCUT2D eigenvalue weighted by molar-refractivity contribution is -0.384. The van der Waals surface area contributed by atoms with Gasteiger partial charge in [0.2, 0.25) is 0 Å². The van der Waals surface area contributed by atoms with E-state index in [1.54, 1.807) is 24.0 Å². The number of non-ortho nitro benzene ring substituents is 1. The molecule has 1 atom stereocenters. The third kappa shape index (κ3) is 3.81. The minimum Gasteiger partial charge on any atom is -0.329 e. The van der Waals surface area contributed by atoms with Gasteiger partial charge in [-0.25, -0.2) is 0 Å². The van der Waals surface area contributed by atoms with E-state index in [1.165, 1.54) is 12.1 Å². The van der Waals surface area contributed by atoms with E-state index in [0.29, 0.717) is 35.8 Å². The van der Waals surface area contributed by atoms with Crippen LogP contribution >= 0.6 is 11.6 Å². The molecule has 0 aromatic heterocycles. The van der Waals surface area contributed by atoms with Gasteiger partial charge in [0, 0.05) is 42.4 Å². The summed E-state index contributed by atoms with van der Waals surface area (Å²) in [5.74, 6) is -0.210. The van der Waals surface area contributed by atoms with E-state index in [2.05, 4.69) is 5.32 Å². The van der Waals surface area contributed by atoms with Gasteiger partial charge < -0.3 is 10.2 Å². The van der Waals surface area contributed by atoms with Gasteiger partial charge in [0.1, 0.15) is 0 Å². The van der Waals surface area contributed by atoms with Gasteiger partial charge in [0.15, 0.2) is 0 Å². The summed E-state index contributed by atoms with van der Waals surface area (Å²) in [7, 11) is 0. The van der Waals surface area contributed by atoms with Gasteiger partial charge in [0.25, 0.3) is 11.6 Å². The third-order valence-corrected chi connectivity index (χ3v) is 4.49. The summed E-state index contributed by atoms with van der Waals surface area (Å²) in [6, 6.07) is 11.7. The zero-order valence-corrected chi connectivity index (χ0v) is 14.5. The molecule has 0 bridgehead atoms. The lowest BCUT2D eigenvalue weighted by Crippen LogP contribution is -2.48. The first-order valence-corrected chi connectivity index (χ1v) is 8.37. The van der Waals surface area contributed by atoms with Crippen molar-refractivity contribution in [2.75, 3.05) is 19.6 Å². The largest absolute Gasteiger partial charge is 0.329 e. The zero-order valence-electron chi connectivity index (χ0n) is 13.7. The number of rotatable bonds is 3. The predicted octanol–water partition coefficient (Wildman–Crippen LogP) is 3.34. The monoisotopic (exact) mass is 359 g/mol. The molecule has 25 heavy (non-hydrogen) atoms. The van der Waals surface area contributed by atoms with Crippen LogP contribution in [-0.4, -0.2) is 35.4 Å². The average molecular weight is 360 g/mol. The number of benzene rings is 2. The Morgan fingerprint density at radius 2 is 2.12 bits per heavy atom. The molecule has 1 unspecified atom stereocenters. The number of aryl methyl sites for hydroxylation is 1. The van der Waals surface area contributed by atoms with Crippen LogP contribution in [0.2, 0.25) is 5.02 Å². The number of carbonyl (C=O) groups is 1. The Morgan fingerprint density at radius 1 is 1.32 bits per heavy atom. The Morgan fingerprint density at radius 3 is 2.84 bits per heavy atom. The Bertz CT molecular complexity index is 825. The van der Waals surface area contributed by atoms with Crippen LogP contribution in [0.5, 0.6) is 0 Å². The predicted molar refractivity (Wildman–Crippen MR) is 95.9 cm³/mol. The molecule has 1 fully saturated rings. The molecule has 0 saturated carbocycles. The topological polar surface area (TPSA) is 75.5 Å². The van der Waals surface area contributed by atoms with Gasteiger partial charge in [-0.05, 0) is 36.2 Å². The van der Waals surface area contributed by atoms with Crippen molar-refractivity contribution in [2.24, 2.45) is 0 Å². The molecular weight excluding hydrogens is 342 g/mol. The first kappa shape index (κ1) is 17.4. The standard InChI is InChI=1S/C18H18ClN3O3/c1-12-7-14(10-16(8-12)22(24)25)18(23)21-6-5-20-11-17(21)13-3-2-4-15(19)9-13/h2-4,7-10,17,20H,5-6,11H2,1H3. The maximum absolute atomic E-state index is 13.0. The van der Waals surface area contributed by atoms with Crippen molar-refractivity contribution in [3.05, 3.63) is 74.3 Å². The van der Waals surface area contributed by atoms with Crippen LogP contribution in [0.4, 0.5) is 5.69 Å². The highest BCUT2D eigenvalue weighted by Gasteiger charge is 2.29. The highest BCUT2D eigenvalue weighted by Crippen LogP contribution is 2.27. The molecule has 0 aliphatic carbocycles. The molecule has 0 radical (unpaired) electrons. The van der Waals surface area contributed by atoms with Crippen molar-refractivity contribution in [1.82, 2.24) is 10.2 Å². The third-order valence-electron chi connectivity index (χ3n) is 4.26. The maximum Gasteiger partial charge on any atom is 0.270 e. The minimum absolute atomic E-state index is 0.0715. The van der Waals surface area contributed by atoms with Crippen LogP contribution in [0.15, 0.2) is 42.5 Å². The van der Waals surface area contributed by atoms with Crippen molar-refractivity contribution < 1.29 is 9.72 Å². The minimum atomic E-state index is -0.476. The SMILES string of the molecule is Cc1cc(C(=O)N2CCNCC2c2cccc(Cl)c2)cc([N+](=O)[O-])c1. The van der Waals surface area contributed by atoms with E-state index in [4.69, 9.17) is 11.6 Å². The number of amides is 1. The Labute approximate surface area is 150 Å². The van der Waals surface area contributed by atoms with Gasteiger partial charge in [-0.1, -0.05) is 23.7 Å². The zero-order chi connectivity index (χ0) is 18.0. The number of nitrogens with zero attached hydrogens (tertiary/aromatic N) is 2. The van der Waals surface area contributed by atoms with Crippen molar-refractivity contribution in [1.29, 1.82) is 0 Å². The van der Waals surface area contributed by atoms with Crippen LogP contribution in [0.25, 0.3) is 0 Å². The van der Waals surface area contributed by atoms with Crippen molar-refractivity contribution >= 4 is 23.2 Å². The molecule has 7 heteroatoms. The van der Waals surface area contributed by atoms with Gasteiger partial charge in [-0.2, -0.15) is 0 Å². The van der Waals surface area contributed by atoms with E-state index in [9.17, 15) is 14.9 Å². The number of halogens is 1. The summed E-state index contributed by atoms with van der Waals surface area (Å²) in [6.07, 6.45) is 0. The average Bonchev–Trinajstić information content (AvgIpc) is 2.60. The first-order valence-electron chi connectivity index (χ1n) is 7.99. The lowest BCUT2D eigenvalue weighted by Gasteiger charge is -2.36. The van der Waals surface area contributed by atoms with Crippen molar-refractivity contribution in [3.63, 3.8) is 0 Å². The molecule has 1 saturated heterocycles. The fourth-order valence-corrected chi connectivity index (χ4v) is 3.32. The van der Waals surface area contributed by atoms with E-state index >= 15 is 0 Å². The summed E-state index contributed by atoms with van der Waals surface area (Å²) < 4.78 is 0. The second-order valence-corrected chi connectivity index (χ2v) is 6.52. The quantitative estimate of drug-likeness (QED) is 0.673. The molecule has 1 heterocycles. The molecule has 2 aromatic carbocycles. The Balaban J connectivity index is 1.95. The van der Waals surface area contributed by atoms with Gasteiger partial charge in [0.05, 0.1) is 11.0 Å². The fourth-order valence-electron chi connectivity index (χ4n) is 3.12. The molecule has 130 valence electrons. The summed E-state index contributed by atoms with van der Waals surface area (Å²) in [4.78, 5) is 25.4. The summed E-state index contributed by atoms with van der Waals surface area (Å²) in [5.41, 5.74) is 1.89. The molecule has 1 aliphatic heterocycles. The Kier molecular flexibility index (Phi) is 5.01. The number of nitrogens with one attached hydrogen (secondary N) is 1. The van der Waals surface area contributed by atoms with E-state index in [-0.39, 0.29) is 17.6 Å². The molecule has 1 amide bonds. The van der Waals surface area contributed by atoms with E-state index in [0.717, 1.165) is 5.56 Å². The molecule has 1 aliphatic rings. The smallest absolute Gasteiger partial charge is 0.270 e. The number of hydrogen-bond donors (Lipinski definition) is 1. The van der Waals surface area contributed by atoms with E-state index in [1.807, 2.05) is 18.2 Å². The molecule has 1 N–H and O–H groups in total. The number of piperazine rings is 1. The maximum atomic E-state index is 13.0. The highest BCUT2D eigenvalue weighted by atomic mass is 35.5. The van der Waals surface area contributed by atoms with Gasteiger partial charge in [-0.15, -0.1) is 0 Å². The lowest BCUT2D eigenvalue weighted by atomic mass is 10.0. The van der Waals surface area contributed by atoms with Crippen LogP contribution in [0.1, 0.15) is 27.5 Å². The molecule has 0 spiro atoms. The molecule has 3 rings (SSSR count). The van der Waals surface area contributed by atoms with Crippen LogP contribution in [0.3, 0.4) is 0 Å². The summed E-state index contributed by atoms with van der Waals surface area (Å²) in [6.45, 7) is 3.56. The first-order chi connectivity index (χ1) is 12.0. The number of hydrogen-bond acceptors (Lipinski definition) is 4. The van der Waals surface area contributed by atoms with Crippen LogP contribution in [-0.2, 0) is 0 Å². The van der Waals surface area contributed by atoms with Gasteiger partial charge >= 0.3 is 0 Å². The van der Waals surface area contributed by atoms with Crippen LogP contribution < -0.4 is 5.32 Å². The molecular formula is C18H18ClN3O3. The van der Waals surface area contributed by atoms with Gasteiger partial charge in [-0.3, -0.25) is 14.9 Å². The fraction of sp³-hybridized carbons (Fsp3) is 0.278. The number of nitro benzene ring substituents is 1. The normalized spacial score (nSPS) is 17.4. The molecule has 2 aromatic rings. The molecule has 6 nitrogen and oxygen atoms in total. The second kappa shape index (κ2) is 7.21. The summed E-state index contributed by atoms with van der Waals surface area (Å²) in [5, 5.41) is 15.0. The highest BCUT2D eigenvalue weighted by molar-refractivity contribution is 6.30. The van der Waals surface area contributed by atoms with Crippen LogP contribution in [0, 0.1) is 17.0 Å². The second-order valence-electron chi connectivity index (χ2n) is 6.09.